The molecule has 0 heterocycles. The fourth-order valence-corrected chi connectivity index (χ4v) is 1.05. The summed E-state index contributed by atoms with van der Waals surface area (Å²) in [6.07, 6.45) is 0. The van der Waals surface area contributed by atoms with Crippen molar-refractivity contribution in [2.45, 2.75) is 20.8 Å². The highest BCUT2D eigenvalue weighted by Gasteiger charge is 1.98. The van der Waals surface area contributed by atoms with Crippen LogP contribution in [0.1, 0.15) is 18.1 Å². The van der Waals surface area contributed by atoms with Gasteiger partial charge in [0.05, 0.1) is 5.69 Å². The maximum absolute atomic E-state index is 10.5. The molecule has 0 radical (unpaired) electrons. The van der Waals surface area contributed by atoms with Crippen molar-refractivity contribution in [2.24, 2.45) is 0 Å². The Bertz CT molecular complexity index is 321. The first-order valence-electron chi connectivity index (χ1n) is 4.10. The van der Waals surface area contributed by atoms with Crippen LogP contribution in [-0.4, -0.2) is 5.97 Å². The fourth-order valence-electron chi connectivity index (χ4n) is 1.05. The van der Waals surface area contributed by atoms with Crippen LogP contribution >= 0.6 is 0 Å². The maximum Gasteiger partial charge on any atom is 0.329 e. The Balaban J connectivity index is 2.72. The van der Waals surface area contributed by atoms with Crippen LogP contribution < -0.4 is 5.48 Å². The van der Waals surface area contributed by atoms with E-state index in [1.807, 2.05) is 32.0 Å². The van der Waals surface area contributed by atoms with Gasteiger partial charge in [-0.3, -0.25) is 4.79 Å². The summed E-state index contributed by atoms with van der Waals surface area (Å²) in [4.78, 5) is 15.2. The van der Waals surface area contributed by atoms with Crippen LogP contribution in [0.2, 0.25) is 0 Å². The number of carbonyl (C=O) groups is 1. The van der Waals surface area contributed by atoms with Crippen LogP contribution in [0.4, 0.5) is 5.69 Å². The largest absolute Gasteiger partial charge is 0.344 e. The molecule has 0 saturated carbocycles. The Morgan fingerprint density at radius 1 is 1.38 bits per heavy atom. The molecule has 0 aliphatic heterocycles. The van der Waals surface area contributed by atoms with Crippen molar-refractivity contribution in [2.75, 3.05) is 5.48 Å². The van der Waals surface area contributed by atoms with Gasteiger partial charge in [-0.15, -0.1) is 0 Å². The molecule has 0 amide bonds. The highest BCUT2D eigenvalue weighted by atomic mass is 16.7. The van der Waals surface area contributed by atoms with Gasteiger partial charge < -0.3 is 4.84 Å². The average Bonchev–Trinajstić information content (AvgIpc) is 2.02. The van der Waals surface area contributed by atoms with Gasteiger partial charge in [-0.25, -0.2) is 5.48 Å². The minimum absolute atomic E-state index is 0.347. The summed E-state index contributed by atoms with van der Waals surface area (Å²) >= 11 is 0. The van der Waals surface area contributed by atoms with E-state index in [-0.39, 0.29) is 5.97 Å². The summed E-state index contributed by atoms with van der Waals surface area (Å²) in [6.45, 7) is 5.33. The maximum atomic E-state index is 10.5. The second-order valence-corrected chi connectivity index (χ2v) is 3.01. The number of nitrogens with one attached hydrogen (secondary N) is 1. The molecule has 0 aliphatic rings. The molecule has 0 saturated heterocycles. The van der Waals surface area contributed by atoms with Gasteiger partial charge in [0.15, 0.2) is 0 Å². The van der Waals surface area contributed by atoms with E-state index < -0.39 is 0 Å². The van der Waals surface area contributed by atoms with E-state index in [0.717, 1.165) is 11.3 Å². The minimum atomic E-state index is -0.347. The zero-order valence-electron chi connectivity index (χ0n) is 8.05. The molecular weight excluding hydrogens is 166 g/mol. The van der Waals surface area contributed by atoms with E-state index in [0.29, 0.717) is 0 Å². The topological polar surface area (TPSA) is 38.3 Å². The molecule has 1 rings (SSSR count). The second-order valence-electron chi connectivity index (χ2n) is 3.01. The van der Waals surface area contributed by atoms with Crippen LogP contribution in [0, 0.1) is 13.8 Å². The van der Waals surface area contributed by atoms with Gasteiger partial charge in [-0.1, -0.05) is 17.7 Å². The zero-order valence-corrected chi connectivity index (χ0v) is 8.05. The SMILES string of the molecule is CC(=O)ONc1ccc(C)cc1C. The van der Waals surface area contributed by atoms with Gasteiger partial charge in [0.1, 0.15) is 0 Å². The highest BCUT2D eigenvalue weighted by molar-refractivity contribution is 5.67. The highest BCUT2D eigenvalue weighted by Crippen LogP contribution is 2.15. The van der Waals surface area contributed by atoms with Crippen molar-refractivity contribution in [1.29, 1.82) is 0 Å². The van der Waals surface area contributed by atoms with Gasteiger partial charge in [-0.2, -0.15) is 0 Å². The predicted octanol–water partition coefficient (Wildman–Crippen LogP) is 2.19. The lowest BCUT2D eigenvalue weighted by Gasteiger charge is -2.08. The number of rotatable bonds is 2. The molecule has 0 aliphatic carbocycles. The number of carbonyl (C=O) groups excluding carboxylic acids is 1. The van der Waals surface area contributed by atoms with E-state index in [4.69, 9.17) is 0 Å². The molecule has 0 spiro atoms. The van der Waals surface area contributed by atoms with Crippen molar-refractivity contribution in [1.82, 2.24) is 0 Å². The summed E-state index contributed by atoms with van der Waals surface area (Å²) < 4.78 is 0. The van der Waals surface area contributed by atoms with E-state index in [1.165, 1.54) is 12.5 Å². The summed E-state index contributed by atoms with van der Waals surface area (Å²) in [5, 5.41) is 0. The summed E-state index contributed by atoms with van der Waals surface area (Å²) in [5.41, 5.74) is 5.65. The van der Waals surface area contributed by atoms with Crippen molar-refractivity contribution >= 4 is 11.7 Å². The lowest BCUT2D eigenvalue weighted by Crippen LogP contribution is -2.07. The van der Waals surface area contributed by atoms with E-state index in [2.05, 4.69) is 10.3 Å². The van der Waals surface area contributed by atoms with Crippen LogP contribution in [0.5, 0.6) is 0 Å². The third-order valence-electron chi connectivity index (χ3n) is 1.69. The quantitative estimate of drug-likeness (QED) is 0.707. The lowest BCUT2D eigenvalue weighted by atomic mass is 10.1. The third kappa shape index (κ3) is 2.78. The molecule has 0 fully saturated rings. The Morgan fingerprint density at radius 2 is 2.08 bits per heavy atom. The molecule has 1 aromatic rings. The minimum Gasteiger partial charge on any atom is -0.344 e. The third-order valence-corrected chi connectivity index (χ3v) is 1.69. The predicted molar refractivity (Wildman–Crippen MR) is 51.3 cm³/mol. The smallest absolute Gasteiger partial charge is 0.329 e. The molecule has 0 bridgehead atoms. The molecule has 1 aromatic carbocycles. The Labute approximate surface area is 77.7 Å². The standard InChI is InChI=1S/C10H13NO2/c1-7-4-5-10(8(2)6-7)11-13-9(3)12/h4-6,11H,1-3H3. The van der Waals surface area contributed by atoms with Crippen LogP contribution in [-0.2, 0) is 9.63 Å². The monoisotopic (exact) mass is 179 g/mol. The normalized spacial score (nSPS) is 9.46. The molecule has 1 N–H and O–H groups in total. The molecule has 13 heavy (non-hydrogen) atoms. The second kappa shape index (κ2) is 3.94. The Hall–Kier alpha value is -1.51. The lowest BCUT2D eigenvalue weighted by molar-refractivity contribution is -0.138. The first kappa shape index (κ1) is 9.58. The average molecular weight is 179 g/mol. The number of hydrogen-bond acceptors (Lipinski definition) is 3. The van der Waals surface area contributed by atoms with E-state index in [1.54, 1.807) is 0 Å². The molecule has 3 heteroatoms. The number of benzene rings is 1. The van der Waals surface area contributed by atoms with Gasteiger partial charge in [-0.05, 0) is 25.5 Å². The van der Waals surface area contributed by atoms with Gasteiger partial charge >= 0.3 is 5.97 Å². The molecule has 0 atom stereocenters. The van der Waals surface area contributed by atoms with Crippen molar-refractivity contribution in [3.63, 3.8) is 0 Å². The first-order valence-corrected chi connectivity index (χ1v) is 4.10. The molecular formula is C10H13NO2. The number of aryl methyl sites for hydroxylation is 2. The zero-order chi connectivity index (χ0) is 9.84. The van der Waals surface area contributed by atoms with Crippen molar-refractivity contribution < 1.29 is 9.63 Å². The number of anilines is 1. The van der Waals surface area contributed by atoms with E-state index in [9.17, 15) is 4.79 Å². The van der Waals surface area contributed by atoms with Crippen molar-refractivity contribution in [3.8, 4) is 0 Å². The van der Waals surface area contributed by atoms with Gasteiger partial charge in [0, 0.05) is 6.92 Å². The Morgan fingerprint density at radius 3 is 2.62 bits per heavy atom. The fraction of sp³-hybridized carbons (Fsp3) is 0.300. The summed E-state index contributed by atoms with van der Waals surface area (Å²) in [5.74, 6) is -0.347. The molecule has 3 nitrogen and oxygen atoms in total. The summed E-state index contributed by atoms with van der Waals surface area (Å²) in [7, 11) is 0. The van der Waals surface area contributed by atoms with Crippen LogP contribution in [0.15, 0.2) is 18.2 Å². The van der Waals surface area contributed by atoms with E-state index >= 15 is 0 Å². The van der Waals surface area contributed by atoms with Gasteiger partial charge in [0.25, 0.3) is 0 Å². The number of hydrogen-bond donors (Lipinski definition) is 1. The van der Waals surface area contributed by atoms with Gasteiger partial charge in [0.2, 0.25) is 0 Å². The van der Waals surface area contributed by atoms with Crippen LogP contribution in [0.25, 0.3) is 0 Å². The Kier molecular flexibility index (Phi) is 2.90. The molecule has 70 valence electrons. The summed E-state index contributed by atoms with van der Waals surface area (Å²) in [6, 6.07) is 5.86. The molecule has 0 aromatic heterocycles. The van der Waals surface area contributed by atoms with Crippen LogP contribution in [0.3, 0.4) is 0 Å². The molecule has 0 unspecified atom stereocenters. The van der Waals surface area contributed by atoms with Crippen molar-refractivity contribution in [3.05, 3.63) is 29.3 Å². The first-order chi connectivity index (χ1) is 6.09.